The summed E-state index contributed by atoms with van der Waals surface area (Å²) >= 11 is 11.9. The second-order valence-electron chi connectivity index (χ2n) is 5.51. The maximum Gasteiger partial charge on any atom is 0.173 e. The molecule has 1 fully saturated rings. The Kier molecular flexibility index (Phi) is 5.24. The molecule has 3 nitrogen and oxygen atoms in total. The molecule has 1 heterocycles. The molecule has 1 aromatic carbocycles. The Hall–Kier alpha value is -0.840. The van der Waals surface area contributed by atoms with Gasteiger partial charge in [-0.2, -0.15) is 0 Å². The summed E-state index contributed by atoms with van der Waals surface area (Å²) in [6.45, 7) is 8.24. The highest BCUT2D eigenvalue weighted by Crippen LogP contribution is 2.27. The van der Waals surface area contributed by atoms with Gasteiger partial charge in [-0.1, -0.05) is 17.7 Å². The van der Waals surface area contributed by atoms with Gasteiger partial charge in [-0.15, -0.1) is 0 Å². The lowest BCUT2D eigenvalue weighted by atomic mass is 10.1. The van der Waals surface area contributed by atoms with Crippen LogP contribution in [0.4, 0.5) is 5.69 Å². The predicted octanol–water partition coefficient (Wildman–Crippen LogP) is 3.29. The monoisotopic (exact) mass is 311 g/mol. The van der Waals surface area contributed by atoms with E-state index in [1.807, 2.05) is 13.0 Å². The second kappa shape index (κ2) is 6.74. The smallest absolute Gasteiger partial charge is 0.173 e. The van der Waals surface area contributed by atoms with Crippen LogP contribution in [0.2, 0.25) is 5.02 Å². The van der Waals surface area contributed by atoms with Gasteiger partial charge in [0, 0.05) is 19.6 Å². The Morgan fingerprint density at radius 1 is 1.20 bits per heavy atom. The minimum atomic E-state index is 0.733. The summed E-state index contributed by atoms with van der Waals surface area (Å²) in [5.74, 6) is 0. The third-order valence-electron chi connectivity index (χ3n) is 3.67. The Labute approximate surface area is 131 Å². The lowest BCUT2D eigenvalue weighted by Crippen LogP contribution is -2.37. The zero-order chi connectivity index (χ0) is 14.7. The molecular weight excluding hydrogens is 290 g/mol. The van der Waals surface area contributed by atoms with Gasteiger partial charge >= 0.3 is 0 Å². The van der Waals surface area contributed by atoms with E-state index < -0.39 is 0 Å². The van der Waals surface area contributed by atoms with Gasteiger partial charge in [-0.3, -0.25) is 0 Å². The first-order chi connectivity index (χ1) is 9.47. The number of nitrogens with zero attached hydrogens (tertiary/aromatic N) is 2. The molecule has 2 rings (SSSR count). The summed E-state index contributed by atoms with van der Waals surface area (Å²) in [5, 5.41) is 4.83. The van der Waals surface area contributed by atoms with Gasteiger partial charge in [0.05, 0.1) is 10.7 Å². The molecule has 0 spiro atoms. The van der Waals surface area contributed by atoms with Crippen LogP contribution >= 0.6 is 23.8 Å². The number of hydrogen-bond donors (Lipinski definition) is 1. The average molecular weight is 312 g/mol. The molecule has 1 saturated heterocycles. The summed E-state index contributed by atoms with van der Waals surface area (Å²) in [7, 11) is 2.15. The van der Waals surface area contributed by atoms with E-state index in [1.165, 1.54) is 5.56 Å². The van der Waals surface area contributed by atoms with Crippen molar-refractivity contribution in [3.05, 3.63) is 28.3 Å². The fourth-order valence-corrected chi connectivity index (χ4v) is 3.16. The fraction of sp³-hybridized carbons (Fsp3) is 0.533. The molecule has 0 atom stereocenters. The quantitative estimate of drug-likeness (QED) is 0.802. The van der Waals surface area contributed by atoms with Gasteiger partial charge in [0.15, 0.2) is 5.11 Å². The molecule has 1 aromatic rings. The summed E-state index contributed by atoms with van der Waals surface area (Å²) in [6, 6.07) is 4.09. The maximum absolute atomic E-state index is 6.32. The minimum Gasteiger partial charge on any atom is -0.348 e. The van der Waals surface area contributed by atoms with Gasteiger partial charge in [0.2, 0.25) is 0 Å². The maximum atomic E-state index is 6.32. The van der Waals surface area contributed by atoms with Gasteiger partial charge in [-0.05, 0) is 63.3 Å². The minimum absolute atomic E-state index is 0.733. The molecule has 0 unspecified atom stereocenters. The molecule has 1 N–H and O–H groups in total. The number of anilines is 1. The van der Waals surface area contributed by atoms with Crippen LogP contribution < -0.4 is 5.32 Å². The summed E-state index contributed by atoms with van der Waals surface area (Å²) in [6.07, 6.45) is 1.14. The van der Waals surface area contributed by atoms with E-state index >= 15 is 0 Å². The first-order valence-electron chi connectivity index (χ1n) is 6.98. The molecule has 1 aliphatic heterocycles. The molecule has 110 valence electrons. The lowest BCUT2D eigenvalue weighted by molar-refractivity contribution is 0.347. The Morgan fingerprint density at radius 3 is 2.65 bits per heavy atom. The number of likely N-dealkylation sites (N-methyl/N-ethyl adjacent to an activating group) is 1. The van der Waals surface area contributed by atoms with Gasteiger partial charge < -0.3 is 15.1 Å². The molecule has 0 aromatic heterocycles. The fourth-order valence-electron chi connectivity index (χ4n) is 2.51. The first-order valence-corrected chi connectivity index (χ1v) is 7.77. The summed E-state index contributed by atoms with van der Waals surface area (Å²) < 4.78 is 0. The van der Waals surface area contributed by atoms with E-state index in [0.717, 1.165) is 54.0 Å². The number of nitrogens with one attached hydrogen (secondary N) is 1. The van der Waals surface area contributed by atoms with Crippen molar-refractivity contribution < 1.29 is 0 Å². The zero-order valence-electron chi connectivity index (χ0n) is 12.4. The number of halogens is 1. The number of hydrogen-bond acceptors (Lipinski definition) is 2. The molecule has 5 heteroatoms. The molecule has 0 aliphatic carbocycles. The molecule has 0 bridgehead atoms. The van der Waals surface area contributed by atoms with Crippen molar-refractivity contribution in [1.29, 1.82) is 0 Å². The van der Waals surface area contributed by atoms with E-state index in [2.05, 4.69) is 35.2 Å². The van der Waals surface area contributed by atoms with Crippen molar-refractivity contribution in [1.82, 2.24) is 9.80 Å². The van der Waals surface area contributed by atoms with E-state index in [1.54, 1.807) is 0 Å². The lowest BCUT2D eigenvalue weighted by Gasteiger charge is -2.25. The predicted molar refractivity (Wildman–Crippen MR) is 90.8 cm³/mol. The number of thiocarbonyl (C=S) groups is 1. The third-order valence-corrected chi connectivity index (χ3v) is 4.33. The van der Waals surface area contributed by atoms with E-state index in [4.69, 9.17) is 23.8 Å². The standard InChI is InChI=1S/C15H22ClN3S/c1-11-9-12(2)14(13(16)10-11)17-15(20)19-6-4-5-18(3)7-8-19/h9-10H,4-8H2,1-3H3,(H,17,20). The molecule has 0 saturated carbocycles. The van der Waals surface area contributed by atoms with E-state index in [-0.39, 0.29) is 0 Å². The van der Waals surface area contributed by atoms with Crippen molar-refractivity contribution in [3.63, 3.8) is 0 Å². The average Bonchev–Trinajstić information content (AvgIpc) is 2.58. The molecule has 0 radical (unpaired) electrons. The number of rotatable bonds is 1. The van der Waals surface area contributed by atoms with E-state index in [9.17, 15) is 0 Å². The van der Waals surface area contributed by atoms with Crippen LogP contribution in [-0.2, 0) is 0 Å². The van der Waals surface area contributed by atoms with Crippen molar-refractivity contribution in [2.45, 2.75) is 20.3 Å². The number of aryl methyl sites for hydroxylation is 2. The molecule has 1 aliphatic rings. The highest BCUT2D eigenvalue weighted by atomic mass is 35.5. The Bertz CT molecular complexity index is 481. The zero-order valence-corrected chi connectivity index (χ0v) is 13.9. The van der Waals surface area contributed by atoms with Gasteiger partial charge in [0.1, 0.15) is 0 Å². The Morgan fingerprint density at radius 2 is 1.95 bits per heavy atom. The molecular formula is C15H22ClN3S. The summed E-state index contributed by atoms with van der Waals surface area (Å²) in [4.78, 5) is 4.57. The van der Waals surface area contributed by atoms with Crippen LogP contribution in [0.15, 0.2) is 12.1 Å². The van der Waals surface area contributed by atoms with Crippen LogP contribution in [-0.4, -0.2) is 48.1 Å². The van der Waals surface area contributed by atoms with Crippen LogP contribution in [0.1, 0.15) is 17.5 Å². The van der Waals surface area contributed by atoms with Crippen LogP contribution in [0.25, 0.3) is 0 Å². The SMILES string of the molecule is Cc1cc(C)c(NC(=S)N2CCCN(C)CC2)c(Cl)c1. The largest absolute Gasteiger partial charge is 0.348 e. The third kappa shape index (κ3) is 3.84. The van der Waals surface area contributed by atoms with Crippen LogP contribution in [0, 0.1) is 13.8 Å². The van der Waals surface area contributed by atoms with Gasteiger partial charge in [0.25, 0.3) is 0 Å². The van der Waals surface area contributed by atoms with Gasteiger partial charge in [-0.25, -0.2) is 0 Å². The molecule has 0 amide bonds. The van der Waals surface area contributed by atoms with Crippen molar-refractivity contribution >= 4 is 34.6 Å². The first kappa shape index (κ1) is 15.5. The second-order valence-corrected chi connectivity index (χ2v) is 6.31. The van der Waals surface area contributed by atoms with E-state index in [0.29, 0.717) is 0 Å². The highest BCUT2D eigenvalue weighted by Gasteiger charge is 2.16. The molecule has 20 heavy (non-hydrogen) atoms. The normalized spacial score (nSPS) is 16.9. The topological polar surface area (TPSA) is 18.5 Å². The van der Waals surface area contributed by atoms with Crippen molar-refractivity contribution in [2.75, 3.05) is 38.5 Å². The van der Waals surface area contributed by atoms with Crippen molar-refractivity contribution in [2.24, 2.45) is 0 Å². The highest BCUT2D eigenvalue weighted by molar-refractivity contribution is 7.80. The number of benzene rings is 1. The Balaban J connectivity index is 2.08. The van der Waals surface area contributed by atoms with Crippen molar-refractivity contribution in [3.8, 4) is 0 Å². The van der Waals surface area contributed by atoms with Crippen LogP contribution in [0.5, 0.6) is 0 Å². The van der Waals surface area contributed by atoms with Crippen LogP contribution in [0.3, 0.4) is 0 Å². The summed E-state index contributed by atoms with van der Waals surface area (Å²) in [5.41, 5.74) is 3.23.